The number of aliphatic hydroxyl groups is 1. The van der Waals surface area contributed by atoms with Gasteiger partial charge in [0.2, 0.25) is 0 Å². The highest BCUT2D eigenvalue weighted by molar-refractivity contribution is 5.22. The molecule has 0 bridgehead atoms. The van der Waals surface area contributed by atoms with Gasteiger partial charge in [-0.3, -0.25) is 4.68 Å². The minimum atomic E-state index is -0.434. The molecule has 2 heterocycles. The van der Waals surface area contributed by atoms with Gasteiger partial charge in [-0.25, -0.2) is 0 Å². The van der Waals surface area contributed by atoms with E-state index in [2.05, 4.69) is 18.9 Å². The van der Waals surface area contributed by atoms with Gasteiger partial charge in [0, 0.05) is 12.3 Å². The molecule has 0 unspecified atom stereocenters. The van der Waals surface area contributed by atoms with E-state index in [4.69, 9.17) is 4.74 Å². The summed E-state index contributed by atoms with van der Waals surface area (Å²) in [5.74, 6) is 0. The molecule has 2 atom stereocenters. The van der Waals surface area contributed by atoms with Gasteiger partial charge in [0.1, 0.15) is 0 Å². The van der Waals surface area contributed by atoms with E-state index >= 15 is 0 Å². The average Bonchev–Trinajstić information content (AvgIpc) is 2.47. The average molecular weight is 210 g/mol. The van der Waals surface area contributed by atoms with E-state index in [-0.39, 0.29) is 6.04 Å². The molecule has 4 nitrogen and oxygen atoms in total. The number of aliphatic hydroxyl groups excluding tert-OH is 1. The SMILES string of the molecule is Cc1nn([C@H]2CCOC[C@@H]2O)c(C)c1C. The maximum atomic E-state index is 9.86. The van der Waals surface area contributed by atoms with Gasteiger partial charge in [0.15, 0.2) is 0 Å². The van der Waals surface area contributed by atoms with Crippen molar-refractivity contribution >= 4 is 0 Å². The Morgan fingerprint density at radius 1 is 1.40 bits per heavy atom. The predicted octanol–water partition coefficient (Wildman–Crippen LogP) is 1.13. The van der Waals surface area contributed by atoms with Crippen LogP contribution in [-0.2, 0) is 4.74 Å². The van der Waals surface area contributed by atoms with Gasteiger partial charge >= 0.3 is 0 Å². The van der Waals surface area contributed by atoms with Crippen molar-refractivity contribution in [2.45, 2.75) is 39.3 Å². The molecule has 1 aromatic rings. The lowest BCUT2D eigenvalue weighted by atomic mass is 10.1. The fourth-order valence-corrected chi connectivity index (χ4v) is 2.07. The Bertz CT molecular complexity index is 360. The monoisotopic (exact) mass is 210 g/mol. The maximum absolute atomic E-state index is 9.86. The van der Waals surface area contributed by atoms with Crippen molar-refractivity contribution < 1.29 is 9.84 Å². The summed E-state index contributed by atoms with van der Waals surface area (Å²) in [6.45, 7) is 7.25. The number of aromatic nitrogens is 2. The van der Waals surface area contributed by atoms with E-state index in [1.54, 1.807) is 0 Å². The van der Waals surface area contributed by atoms with Gasteiger partial charge in [-0.05, 0) is 32.8 Å². The first-order chi connectivity index (χ1) is 7.11. The standard InChI is InChI=1S/C11H18N2O2/c1-7-8(2)12-13(9(7)3)10-4-5-15-6-11(10)14/h10-11,14H,4-6H2,1-3H3/t10-,11-/m0/s1. The third-order valence-electron chi connectivity index (χ3n) is 3.29. The van der Waals surface area contributed by atoms with E-state index in [9.17, 15) is 5.11 Å². The summed E-state index contributed by atoms with van der Waals surface area (Å²) in [5, 5.41) is 14.3. The van der Waals surface area contributed by atoms with E-state index in [0.717, 1.165) is 17.8 Å². The van der Waals surface area contributed by atoms with Crippen molar-refractivity contribution in [2.75, 3.05) is 13.2 Å². The first-order valence-corrected chi connectivity index (χ1v) is 5.39. The number of nitrogens with zero attached hydrogens (tertiary/aromatic N) is 2. The Kier molecular flexibility index (Phi) is 2.80. The van der Waals surface area contributed by atoms with Gasteiger partial charge in [0.25, 0.3) is 0 Å². The van der Waals surface area contributed by atoms with Crippen LogP contribution in [0.5, 0.6) is 0 Å². The third-order valence-corrected chi connectivity index (χ3v) is 3.29. The lowest BCUT2D eigenvalue weighted by Gasteiger charge is -2.28. The summed E-state index contributed by atoms with van der Waals surface area (Å²) in [6, 6.07) is 0.0751. The number of aryl methyl sites for hydroxylation is 1. The summed E-state index contributed by atoms with van der Waals surface area (Å²) in [7, 11) is 0. The highest BCUT2D eigenvalue weighted by Gasteiger charge is 2.27. The number of ether oxygens (including phenoxy) is 1. The van der Waals surface area contributed by atoms with E-state index in [0.29, 0.717) is 13.2 Å². The largest absolute Gasteiger partial charge is 0.388 e. The molecule has 0 radical (unpaired) electrons. The Morgan fingerprint density at radius 2 is 2.13 bits per heavy atom. The molecular formula is C11H18N2O2. The fraction of sp³-hybridized carbons (Fsp3) is 0.727. The maximum Gasteiger partial charge on any atom is 0.0998 e. The Morgan fingerprint density at radius 3 is 2.67 bits per heavy atom. The van der Waals surface area contributed by atoms with Gasteiger partial charge < -0.3 is 9.84 Å². The topological polar surface area (TPSA) is 47.3 Å². The van der Waals surface area contributed by atoms with E-state index < -0.39 is 6.10 Å². The quantitative estimate of drug-likeness (QED) is 0.756. The van der Waals surface area contributed by atoms with Crippen LogP contribution in [0.15, 0.2) is 0 Å². The molecule has 1 aliphatic heterocycles. The Hall–Kier alpha value is -0.870. The molecule has 4 heteroatoms. The van der Waals surface area contributed by atoms with Crippen LogP contribution >= 0.6 is 0 Å². The minimum absolute atomic E-state index is 0.0751. The normalized spacial score (nSPS) is 26.9. The van der Waals surface area contributed by atoms with Crippen LogP contribution < -0.4 is 0 Å². The van der Waals surface area contributed by atoms with Gasteiger partial charge in [-0.15, -0.1) is 0 Å². The lowest BCUT2D eigenvalue weighted by molar-refractivity contribution is -0.0422. The van der Waals surface area contributed by atoms with Crippen LogP contribution in [-0.4, -0.2) is 34.2 Å². The highest BCUT2D eigenvalue weighted by atomic mass is 16.5. The summed E-state index contributed by atoms with van der Waals surface area (Å²) >= 11 is 0. The van der Waals surface area contributed by atoms with Crippen molar-refractivity contribution in [3.8, 4) is 0 Å². The summed E-state index contributed by atoms with van der Waals surface area (Å²) in [4.78, 5) is 0. The van der Waals surface area contributed by atoms with Crippen LogP contribution in [0.25, 0.3) is 0 Å². The molecule has 1 aromatic heterocycles. The molecular weight excluding hydrogens is 192 g/mol. The second-order valence-electron chi connectivity index (χ2n) is 4.24. The molecule has 0 aromatic carbocycles. The minimum Gasteiger partial charge on any atom is -0.388 e. The molecule has 0 amide bonds. The molecule has 0 aliphatic carbocycles. The third kappa shape index (κ3) is 1.79. The van der Waals surface area contributed by atoms with E-state index in [1.807, 2.05) is 11.6 Å². The number of hydrogen-bond acceptors (Lipinski definition) is 3. The van der Waals surface area contributed by atoms with Crippen LogP contribution in [0, 0.1) is 20.8 Å². The second kappa shape index (κ2) is 3.94. The first-order valence-electron chi connectivity index (χ1n) is 5.39. The Labute approximate surface area is 89.9 Å². The molecule has 1 N–H and O–H groups in total. The summed E-state index contributed by atoms with van der Waals surface area (Å²) in [6.07, 6.45) is 0.402. The van der Waals surface area contributed by atoms with Crippen molar-refractivity contribution in [3.05, 3.63) is 17.0 Å². The zero-order valence-electron chi connectivity index (χ0n) is 9.53. The zero-order chi connectivity index (χ0) is 11.0. The van der Waals surface area contributed by atoms with Crippen LogP contribution in [0.1, 0.15) is 29.4 Å². The highest BCUT2D eigenvalue weighted by Crippen LogP contribution is 2.24. The van der Waals surface area contributed by atoms with Gasteiger partial charge in [0.05, 0.1) is 24.4 Å². The molecule has 1 aliphatic rings. The molecule has 1 fully saturated rings. The van der Waals surface area contributed by atoms with Crippen molar-refractivity contribution in [1.29, 1.82) is 0 Å². The fourth-order valence-electron chi connectivity index (χ4n) is 2.07. The molecule has 2 rings (SSSR count). The second-order valence-corrected chi connectivity index (χ2v) is 4.24. The molecule has 1 saturated heterocycles. The molecule has 84 valence electrons. The van der Waals surface area contributed by atoms with Crippen LogP contribution in [0.2, 0.25) is 0 Å². The van der Waals surface area contributed by atoms with Crippen LogP contribution in [0.3, 0.4) is 0 Å². The zero-order valence-corrected chi connectivity index (χ0v) is 9.53. The van der Waals surface area contributed by atoms with Gasteiger partial charge in [-0.2, -0.15) is 5.10 Å². The smallest absolute Gasteiger partial charge is 0.0998 e. The molecule has 0 saturated carbocycles. The summed E-state index contributed by atoms with van der Waals surface area (Å²) in [5.41, 5.74) is 3.42. The van der Waals surface area contributed by atoms with Crippen molar-refractivity contribution in [2.24, 2.45) is 0 Å². The van der Waals surface area contributed by atoms with Crippen LogP contribution in [0.4, 0.5) is 0 Å². The lowest BCUT2D eigenvalue weighted by Crippen LogP contribution is -2.35. The number of hydrogen-bond donors (Lipinski definition) is 1. The van der Waals surface area contributed by atoms with Gasteiger partial charge in [-0.1, -0.05) is 0 Å². The Balaban J connectivity index is 2.31. The first kappa shape index (κ1) is 10.6. The van der Waals surface area contributed by atoms with Crippen molar-refractivity contribution in [1.82, 2.24) is 9.78 Å². The van der Waals surface area contributed by atoms with Crippen molar-refractivity contribution in [3.63, 3.8) is 0 Å². The molecule has 15 heavy (non-hydrogen) atoms. The summed E-state index contributed by atoms with van der Waals surface area (Å²) < 4.78 is 7.18. The molecule has 0 spiro atoms. The predicted molar refractivity (Wildman–Crippen MR) is 56.9 cm³/mol. The van der Waals surface area contributed by atoms with E-state index in [1.165, 1.54) is 5.56 Å². The number of rotatable bonds is 1.